The van der Waals surface area contributed by atoms with E-state index in [1.807, 2.05) is 15.6 Å². The maximum atomic E-state index is 13.4. The molecule has 8 heteroatoms. The molecule has 0 spiro atoms. The van der Waals surface area contributed by atoms with E-state index in [2.05, 4.69) is 26.9 Å². The number of amides is 1. The van der Waals surface area contributed by atoms with E-state index >= 15 is 0 Å². The quantitative estimate of drug-likeness (QED) is 0.801. The van der Waals surface area contributed by atoms with Gasteiger partial charge in [0.25, 0.3) is 5.91 Å². The molecular formula is C19H25FN6O. The molecule has 0 aliphatic carbocycles. The first-order valence-corrected chi connectivity index (χ1v) is 9.64. The van der Waals surface area contributed by atoms with Crippen LogP contribution in [0.2, 0.25) is 0 Å². The molecule has 2 aliphatic heterocycles. The molecular weight excluding hydrogens is 347 g/mol. The summed E-state index contributed by atoms with van der Waals surface area (Å²) in [5.74, 6) is -0.0205. The molecule has 0 radical (unpaired) electrons. The van der Waals surface area contributed by atoms with E-state index in [-0.39, 0.29) is 5.91 Å². The second kappa shape index (κ2) is 7.72. The molecule has 0 N–H and O–H groups in total. The molecule has 0 unspecified atom stereocenters. The summed E-state index contributed by atoms with van der Waals surface area (Å²) in [7, 11) is 0. The molecule has 1 atom stereocenters. The first-order chi connectivity index (χ1) is 13.1. The van der Waals surface area contributed by atoms with Gasteiger partial charge in [-0.3, -0.25) is 14.4 Å². The molecule has 0 bridgehead atoms. The summed E-state index contributed by atoms with van der Waals surface area (Å²) in [5.41, 5.74) is 3.38. The van der Waals surface area contributed by atoms with Crippen molar-refractivity contribution in [1.82, 2.24) is 29.5 Å². The van der Waals surface area contributed by atoms with Crippen LogP contribution in [0.5, 0.6) is 0 Å². The highest BCUT2D eigenvalue weighted by Crippen LogP contribution is 2.20. The van der Waals surface area contributed by atoms with Gasteiger partial charge in [-0.2, -0.15) is 5.10 Å². The SMILES string of the molecule is CCCc1ncncc1C(=O)N1CCn2nc(CN3CC[C@H](F)C3)cc2C1. The predicted octanol–water partition coefficient (Wildman–Crippen LogP) is 1.83. The Bertz CT molecular complexity index is 822. The number of halogens is 1. The van der Waals surface area contributed by atoms with E-state index in [4.69, 9.17) is 0 Å². The number of hydrogen-bond donors (Lipinski definition) is 0. The van der Waals surface area contributed by atoms with Gasteiger partial charge in [-0.1, -0.05) is 13.3 Å². The smallest absolute Gasteiger partial charge is 0.257 e. The van der Waals surface area contributed by atoms with Crippen molar-refractivity contribution in [3.63, 3.8) is 0 Å². The molecule has 7 nitrogen and oxygen atoms in total. The number of aromatic nitrogens is 4. The van der Waals surface area contributed by atoms with E-state index in [1.165, 1.54) is 6.33 Å². The Morgan fingerprint density at radius 2 is 2.22 bits per heavy atom. The van der Waals surface area contributed by atoms with E-state index in [0.29, 0.717) is 44.7 Å². The van der Waals surface area contributed by atoms with Gasteiger partial charge in [0.05, 0.1) is 35.7 Å². The van der Waals surface area contributed by atoms with Crippen LogP contribution < -0.4 is 0 Å². The molecule has 0 saturated carbocycles. The zero-order chi connectivity index (χ0) is 18.8. The fraction of sp³-hybridized carbons (Fsp3) is 0.579. The lowest BCUT2D eigenvalue weighted by molar-refractivity contribution is 0.0704. The molecule has 27 heavy (non-hydrogen) atoms. The fourth-order valence-electron chi connectivity index (χ4n) is 3.87. The zero-order valence-corrected chi connectivity index (χ0v) is 15.6. The zero-order valence-electron chi connectivity index (χ0n) is 15.6. The number of rotatable bonds is 5. The number of aryl methyl sites for hydroxylation is 1. The highest BCUT2D eigenvalue weighted by Gasteiger charge is 2.27. The van der Waals surface area contributed by atoms with E-state index in [9.17, 15) is 9.18 Å². The van der Waals surface area contributed by atoms with Gasteiger partial charge >= 0.3 is 0 Å². The fourth-order valence-corrected chi connectivity index (χ4v) is 3.87. The first kappa shape index (κ1) is 18.0. The highest BCUT2D eigenvalue weighted by molar-refractivity contribution is 5.95. The van der Waals surface area contributed by atoms with Gasteiger partial charge in [-0.25, -0.2) is 14.4 Å². The van der Waals surface area contributed by atoms with E-state index in [1.54, 1.807) is 6.20 Å². The maximum absolute atomic E-state index is 13.4. The summed E-state index contributed by atoms with van der Waals surface area (Å²) in [4.78, 5) is 25.3. The van der Waals surface area contributed by atoms with Gasteiger partial charge in [0.1, 0.15) is 12.5 Å². The van der Waals surface area contributed by atoms with Gasteiger partial charge in [-0.15, -0.1) is 0 Å². The van der Waals surface area contributed by atoms with Crippen LogP contribution in [0.3, 0.4) is 0 Å². The van der Waals surface area contributed by atoms with Crippen molar-refractivity contribution < 1.29 is 9.18 Å². The van der Waals surface area contributed by atoms with Gasteiger partial charge < -0.3 is 4.90 Å². The van der Waals surface area contributed by atoms with Crippen LogP contribution in [-0.4, -0.2) is 61.3 Å². The Hall–Kier alpha value is -2.35. The molecule has 2 aromatic heterocycles. The number of hydrogen-bond acceptors (Lipinski definition) is 5. The number of fused-ring (bicyclic) bond motifs is 1. The summed E-state index contributed by atoms with van der Waals surface area (Å²) in [6, 6.07) is 2.04. The largest absolute Gasteiger partial charge is 0.331 e. The lowest BCUT2D eigenvalue weighted by Gasteiger charge is -2.28. The van der Waals surface area contributed by atoms with Crippen molar-refractivity contribution in [3.8, 4) is 0 Å². The van der Waals surface area contributed by atoms with E-state index < -0.39 is 6.17 Å². The molecule has 2 aromatic rings. The van der Waals surface area contributed by atoms with E-state index in [0.717, 1.165) is 36.5 Å². The number of carbonyl (C=O) groups excluding carboxylic acids is 1. The predicted molar refractivity (Wildman–Crippen MR) is 97.8 cm³/mol. The third kappa shape index (κ3) is 3.85. The molecule has 1 fully saturated rings. The topological polar surface area (TPSA) is 67.2 Å². The minimum absolute atomic E-state index is 0.0205. The molecule has 2 aliphatic rings. The van der Waals surface area contributed by atoms with Crippen LogP contribution in [0.25, 0.3) is 0 Å². The van der Waals surface area contributed by atoms with Crippen molar-refractivity contribution in [2.24, 2.45) is 0 Å². The average Bonchev–Trinajstić information content (AvgIpc) is 3.26. The monoisotopic (exact) mass is 372 g/mol. The highest BCUT2D eigenvalue weighted by atomic mass is 19.1. The lowest BCUT2D eigenvalue weighted by atomic mass is 10.1. The summed E-state index contributed by atoms with van der Waals surface area (Å²) < 4.78 is 15.3. The average molecular weight is 372 g/mol. The summed E-state index contributed by atoms with van der Waals surface area (Å²) in [5, 5.41) is 4.64. The van der Waals surface area contributed by atoms with Crippen LogP contribution in [0, 0.1) is 0 Å². The third-order valence-electron chi connectivity index (χ3n) is 5.25. The van der Waals surface area contributed by atoms with Gasteiger partial charge in [0.15, 0.2) is 0 Å². The number of nitrogens with zero attached hydrogens (tertiary/aromatic N) is 6. The second-order valence-corrected chi connectivity index (χ2v) is 7.33. The number of alkyl halides is 1. The van der Waals surface area contributed by atoms with Gasteiger partial charge in [0, 0.05) is 32.4 Å². The minimum Gasteiger partial charge on any atom is -0.331 e. The Labute approximate surface area is 158 Å². The summed E-state index contributed by atoms with van der Waals surface area (Å²) >= 11 is 0. The van der Waals surface area contributed by atoms with Crippen molar-refractivity contribution in [1.29, 1.82) is 0 Å². The van der Waals surface area contributed by atoms with Crippen LogP contribution in [0.1, 0.15) is 47.2 Å². The van der Waals surface area contributed by atoms with Crippen LogP contribution >= 0.6 is 0 Å². The minimum atomic E-state index is -0.722. The Morgan fingerprint density at radius 1 is 1.33 bits per heavy atom. The third-order valence-corrected chi connectivity index (χ3v) is 5.25. The molecule has 4 rings (SSSR count). The van der Waals surface area contributed by atoms with Crippen molar-refractivity contribution in [3.05, 3.63) is 41.2 Å². The number of carbonyl (C=O) groups is 1. The summed E-state index contributed by atoms with van der Waals surface area (Å²) in [6.45, 7) is 5.82. The van der Waals surface area contributed by atoms with Gasteiger partial charge in [-0.05, 0) is 18.9 Å². The first-order valence-electron chi connectivity index (χ1n) is 9.64. The Morgan fingerprint density at radius 3 is 3.00 bits per heavy atom. The maximum Gasteiger partial charge on any atom is 0.257 e. The Balaban J connectivity index is 1.46. The van der Waals surface area contributed by atoms with Gasteiger partial charge in [0.2, 0.25) is 0 Å². The molecule has 4 heterocycles. The summed E-state index contributed by atoms with van der Waals surface area (Å²) in [6.07, 6.45) is 4.71. The molecule has 1 saturated heterocycles. The Kier molecular flexibility index (Phi) is 5.15. The second-order valence-electron chi connectivity index (χ2n) is 7.33. The molecule has 144 valence electrons. The normalized spacial score (nSPS) is 20.1. The van der Waals surface area contributed by atoms with Crippen LogP contribution in [-0.2, 0) is 26.1 Å². The van der Waals surface area contributed by atoms with Crippen molar-refractivity contribution in [2.45, 2.75) is 52.0 Å². The lowest BCUT2D eigenvalue weighted by Crippen LogP contribution is -2.39. The molecule has 0 aromatic carbocycles. The van der Waals surface area contributed by atoms with Crippen LogP contribution in [0.4, 0.5) is 4.39 Å². The van der Waals surface area contributed by atoms with Crippen LogP contribution in [0.15, 0.2) is 18.6 Å². The standard InChI is InChI=1S/C19H25FN6O/c1-2-3-18-17(9-21-13-22-18)19(27)25-6-7-26-16(12-25)8-15(23-26)11-24-5-4-14(20)10-24/h8-9,13-14H,2-7,10-12H2,1H3/t14-/m0/s1. The van der Waals surface area contributed by atoms with Crippen molar-refractivity contribution >= 4 is 5.91 Å². The number of likely N-dealkylation sites (tertiary alicyclic amines) is 1. The van der Waals surface area contributed by atoms with Crippen molar-refractivity contribution in [2.75, 3.05) is 19.6 Å². The molecule has 1 amide bonds.